The second kappa shape index (κ2) is 4.20. The van der Waals surface area contributed by atoms with Crippen LogP contribution in [0, 0.1) is 5.41 Å². The Morgan fingerprint density at radius 3 is 2.20 bits per heavy atom. The summed E-state index contributed by atoms with van der Waals surface area (Å²) >= 11 is 1.37. The summed E-state index contributed by atoms with van der Waals surface area (Å²) < 4.78 is 6.05. The number of ether oxygens (including phenoxy) is 1. The molecule has 0 aromatic heterocycles. The van der Waals surface area contributed by atoms with Gasteiger partial charge in [0.05, 0.1) is 0 Å². The van der Waals surface area contributed by atoms with Crippen molar-refractivity contribution in [2.45, 2.75) is 20.8 Å². The van der Waals surface area contributed by atoms with Crippen molar-refractivity contribution in [3.8, 4) is 0 Å². The van der Waals surface area contributed by atoms with Crippen molar-refractivity contribution in [1.29, 1.82) is 0 Å². The molecule has 0 atom stereocenters. The van der Waals surface area contributed by atoms with Gasteiger partial charge in [0.25, 0.3) is 0 Å². The fourth-order valence-corrected chi connectivity index (χ4v) is 0.631. The Bertz CT molecular complexity index is 142. The van der Waals surface area contributed by atoms with E-state index in [-0.39, 0.29) is 5.41 Å². The molecule has 0 unspecified atom stereocenters. The number of hydrogen-bond acceptors (Lipinski definition) is 1. The summed E-state index contributed by atoms with van der Waals surface area (Å²) in [6, 6.07) is 0. The summed E-state index contributed by atoms with van der Waals surface area (Å²) in [6.45, 7) is 6.51. The van der Waals surface area contributed by atoms with Crippen molar-refractivity contribution in [1.82, 2.24) is 0 Å². The van der Waals surface area contributed by atoms with Crippen LogP contribution in [0.25, 0.3) is 0 Å². The Morgan fingerprint density at radius 2 is 1.90 bits per heavy atom. The van der Waals surface area contributed by atoms with Crippen molar-refractivity contribution in [2.24, 2.45) is 5.41 Å². The number of hydrogen-bond donors (Lipinski definition) is 0. The van der Waals surface area contributed by atoms with E-state index in [4.69, 9.17) is 4.74 Å². The molecule has 0 N–H and O–H groups in total. The molecular formula is C8H14OW. The predicted octanol–water partition coefficient (Wildman–Crippen LogP) is 1.91. The minimum atomic E-state index is 0.263. The van der Waals surface area contributed by atoms with Gasteiger partial charge in [0.1, 0.15) is 0 Å². The van der Waals surface area contributed by atoms with Gasteiger partial charge in [-0.05, 0) is 0 Å². The molecular weight excluding hydrogens is 296 g/mol. The molecule has 0 aromatic carbocycles. The Morgan fingerprint density at radius 1 is 1.40 bits per heavy atom. The van der Waals surface area contributed by atoms with Crippen molar-refractivity contribution in [3.05, 3.63) is 12.2 Å². The van der Waals surface area contributed by atoms with Crippen LogP contribution in [0.5, 0.6) is 0 Å². The quantitative estimate of drug-likeness (QED) is 0.757. The van der Waals surface area contributed by atoms with Gasteiger partial charge in [0.2, 0.25) is 0 Å². The van der Waals surface area contributed by atoms with E-state index in [0.29, 0.717) is 0 Å². The number of rotatable bonds is 2. The first kappa shape index (κ1) is 10.3. The van der Waals surface area contributed by atoms with Crippen LogP contribution in [0.1, 0.15) is 20.8 Å². The van der Waals surface area contributed by atoms with Crippen molar-refractivity contribution in [3.63, 3.8) is 0 Å². The van der Waals surface area contributed by atoms with Gasteiger partial charge in [0, 0.05) is 0 Å². The molecule has 0 fully saturated rings. The molecule has 0 spiro atoms. The van der Waals surface area contributed by atoms with Crippen LogP contribution in [0.4, 0.5) is 0 Å². The summed E-state index contributed by atoms with van der Waals surface area (Å²) in [5, 5.41) is 0. The molecule has 0 saturated carbocycles. The first-order chi connectivity index (χ1) is 4.45. The third kappa shape index (κ3) is 6.38. The topological polar surface area (TPSA) is 9.23 Å². The maximum atomic E-state index is 5.01. The van der Waals surface area contributed by atoms with E-state index in [1.54, 1.807) is 7.11 Å². The van der Waals surface area contributed by atoms with Gasteiger partial charge >= 0.3 is 73.6 Å². The summed E-state index contributed by atoms with van der Waals surface area (Å²) in [4.78, 5) is 0. The molecule has 0 bridgehead atoms. The van der Waals surface area contributed by atoms with Crippen LogP contribution in [0.15, 0.2) is 12.2 Å². The molecule has 0 aliphatic heterocycles. The zero-order valence-electron chi connectivity index (χ0n) is 6.97. The summed E-state index contributed by atoms with van der Waals surface area (Å²) in [5.74, 6) is 0. The molecule has 0 heterocycles. The molecule has 2 heteroatoms. The van der Waals surface area contributed by atoms with E-state index >= 15 is 0 Å². The van der Waals surface area contributed by atoms with Gasteiger partial charge in [-0.2, -0.15) is 0 Å². The molecule has 58 valence electrons. The van der Waals surface area contributed by atoms with Gasteiger partial charge < -0.3 is 0 Å². The molecule has 0 aliphatic rings. The fraction of sp³-hybridized carbons (Fsp3) is 0.625. The van der Waals surface area contributed by atoms with Crippen molar-refractivity contribution in [2.75, 3.05) is 7.11 Å². The van der Waals surface area contributed by atoms with Crippen LogP contribution in [0.3, 0.4) is 0 Å². The van der Waals surface area contributed by atoms with Crippen LogP contribution in [-0.4, -0.2) is 11.2 Å². The molecule has 0 aromatic rings. The molecule has 0 saturated heterocycles. The Labute approximate surface area is 73.9 Å². The molecule has 0 rings (SSSR count). The predicted molar refractivity (Wildman–Crippen MR) is 40.6 cm³/mol. The minimum absolute atomic E-state index is 0.263. The van der Waals surface area contributed by atoms with Gasteiger partial charge in [-0.1, -0.05) is 0 Å². The molecule has 1 nitrogen and oxygen atoms in total. The van der Waals surface area contributed by atoms with Crippen LogP contribution in [0.2, 0.25) is 0 Å². The summed E-state index contributed by atoms with van der Waals surface area (Å²) in [5.41, 5.74) is 0.263. The number of methoxy groups -OCH3 is 1. The average molecular weight is 310 g/mol. The van der Waals surface area contributed by atoms with Crippen molar-refractivity contribution < 1.29 is 24.1 Å². The summed E-state index contributed by atoms with van der Waals surface area (Å²) in [7, 11) is 1.70. The van der Waals surface area contributed by atoms with E-state index in [2.05, 4.69) is 26.8 Å². The van der Waals surface area contributed by atoms with Crippen LogP contribution >= 0.6 is 0 Å². The van der Waals surface area contributed by atoms with E-state index in [9.17, 15) is 0 Å². The monoisotopic (exact) mass is 310 g/mol. The first-order valence-corrected chi connectivity index (χ1v) is 4.69. The Kier molecular flexibility index (Phi) is 4.31. The fourth-order valence-electron chi connectivity index (χ4n) is 0.386. The zero-order valence-corrected chi connectivity index (χ0v) is 9.90. The van der Waals surface area contributed by atoms with Gasteiger partial charge in [-0.15, -0.1) is 0 Å². The van der Waals surface area contributed by atoms with E-state index in [0.717, 1.165) is 4.08 Å². The SMILES string of the molecule is CO[C](=[W])/C=C/C(C)(C)C. The molecule has 10 heavy (non-hydrogen) atoms. The standard InChI is InChI=1S/C8H14O.W/c1-8(2,3)6-5-7-9-4;/h5-6H,1-4H3;/b6-5+;. The second-order valence-electron chi connectivity index (χ2n) is 3.22. The van der Waals surface area contributed by atoms with Gasteiger partial charge in [0.15, 0.2) is 0 Å². The third-order valence-electron chi connectivity index (χ3n) is 0.921. The van der Waals surface area contributed by atoms with Crippen LogP contribution < -0.4 is 0 Å². The van der Waals surface area contributed by atoms with E-state index in [1.165, 1.54) is 19.4 Å². The van der Waals surface area contributed by atoms with E-state index in [1.807, 2.05) is 6.08 Å². The van der Waals surface area contributed by atoms with Gasteiger partial charge in [-0.3, -0.25) is 0 Å². The number of allylic oxidation sites excluding steroid dienone is 1. The Hall–Kier alpha value is 0.258. The normalized spacial score (nSPS) is 12.4. The molecule has 0 radical (unpaired) electrons. The average Bonchev–Trinajstić information content (AvgIpc) is 1.81. The second-order valence-corrected chi connectivity index (χ2v) is 4.67. The van der Waals surface area contributed by atoms with Crippen LogP contribution in [-0.2, 0) is 24.1 Å². The summed E-state index contributed by atoms with van der Waals surface area (Å²) in [6.07, 6.45) is 4.19. The molecule has 0 aliphatic carbocycles. The third-order valence-corrected chi connectivity index (χ3v) is 2.01. The molecule has 0 amide bonds. The Balaban J connectivity index is 3.88. The maximum absolute atomic E-state index is 5.01. The van der Waals surface area contributed by atoms with Gasteiger partial charge in [-0.25, -0.2) is 0 Å². The zero-order chi connectivity index (χ0) is 8.20. The van der Waals surface area contributed by atoms with Crippen molar-refractivity contribution >= 4 is 4.08 Å². The first-order valence-electron chi connectivity index (χ1n) is 3.23. The van der Waals surface area contributed by atoms with E-state index < -0.39 is 0 Å².